The lowest BCUT2D eigenvalue weighted by molar-refractivity contribution is -0.143. The number of hydrogen-bond donors (Lipinski definition) is 0. The van der Waals surface area contributed by atoms with Gasteiger partial charge in [-0.25, -0.2) is 9.67 Å². The molecule has 5 rings (SSSR count). The monoisotopic (exact) mass is 425 g/mol. The number of ether oxygens (including phenoxy) is 1. The van der Waals surface area contributed by atoms with E-state index in [0.717, 1.165) is 5.69 Å². The van der Waals surface area contributed by atoms with Gasteiger partial charge in [-0.15, -0.1) is 0 Å². The van der Waals surface area contributed by atoms with Crippen LogP contribution in [0.5, 0.6) is 0 Å². The van der Waals surface area contributed by atoms with Crippen molar-refractivity contribution in [3.8, 4) is 5.69 Å². The van der Waals surface area contributed by atoms with Gasteiger partial charge in [0.15, 0.2) is 10.8 Å². The Kier molecular flexibility index (Phi) is 4.86. The molecule has 30 heavy (non-hydrogen) atoms. The van der Waals surface area contributed by atoms with Crippen molar-refractivity contribution in [3.63, 3.8) is 0 Å². The number of nitrogens with zero attached hydrogens (tertiary/aromatic N) is 5. The highest BCUT2D eigenvalue weighted by Gasteiger charge is 2.33. The number of benzene rings is 1. The number of amides is 1. The standard InChI is InChI=1S/C21H23N5O3S/c1-13-10-24(11-14(2)29-13)18(27)8-16-12-30-21-23-19-17(20(28)25(16)21)9-22-26(19)15-6-4-3-5-7-15/h3-7,9,13-14,16H,8,10-12H2,1-2H3. The number of aromatic nitrogens is 4. The molecule has 1 fully saturated rings. The summed E-state index contributed by atoms with van der Waals surface area (Å²) >= 11 is 1.52. The Morgan fingerprint density at radius 1 is 1.20 bits per heavy atom. The molecule has 0 spiro atoms. The summed E-state index contributed by atoms with van der Waals surface area (Å²) in [6.45, 7) is 5.14. The quantitative estimate of drug-likeness (QED) is 0.599. The third-order valence-corrected chi connectivity index (χ3v) is 6.65. The molecule has 8 nitrogen and oxygen atoms in total. The number of rotatable bonds is 3. The van der Waals surface area contributed by atoms with E-state index in [2.05, 4.69) is 5.10 Å². The summed E-state index contributed by atoms with van der Waals surface area (Å²) in [6, 6.07) is 9.44. The highest BCUT2D eigenvalue weighted by Crippen LogP contribution is 2.34. The van der Waals surface area contributed by atoms with E-state index in [1.807, 2.05) is 49.1 Å². The van der Waals surface area contributed by atoms with Crippen LogP contribution in [0.25, 0.3) is 16.7 Å². The second-order valence-electron chi connectivity index (χ2n) is 7.92. The number of para-hydroxylation sites is 1. The zero-order valence-corrected chi connectivity index (χ0v) is 17.7. The molecular weight excluding hydrogens is 402 g/mol. The lowest BCUT2D eigenvalue weighted by atomic mass is 10.1. The van der Waals surface area contributed by atoms with Gasteiger partial charge in [-0.2, -0.15) is 5.10 Å². The second-order valence-corrected chi connectivity index (χ2v) is 8.91. The van der Waals surface area contributed by atoms with Gasteiger partial charge in [-0.1, -0.05) is 30.0 Å². The number of morpholine rings is 1. The van der Waals surface area contributed by atoms with Crippen LogP contribution in [0.4, 0.5) is 0 Å². The normalized spacial score (nSPS) is 23.7. The van der Waals surface area contributed by atoms with Gasteiger partial charge in [0.05, 0.1) is 30.1 Å². The smallest absolute Gasteiger partial charge is 0.265 e. The molecule has 0 radical (unpaired) electrons. The Labute approximate surface area is 177 Å². The number of thioether (sulfide) groups is 1. The maximum Gasteiger partial charge on any atom is 0.265 e. The van der Waals surface area contributed by atoms with Gasteiger partial charge in [0.25, 0.3) is 5.56 Å². The Morgan fingerprint density at radius 3 is 2.67 bits per heavy atom. The highest BCUT2D eigenvalue weighted by molar-refractivity contribution is 7.99. The number of carbonyl (C=O) groups is 1. The SMILES string of the molecule is CC1CN(C(=O)CC2CSc3nc4c(cnn4-c4ccccc4)c(=O)n32)CC(C)O1. The summed E-state index contributed by atoms with van der Waals surface area (Å²) in [7, 11) is 0. The minimum atomic E-state index is -0.199. The van der Waals surface area contributed by atoms with E-state index in [9.17, 15) is 9.59 Å². The molecule has 156 valence electrons. The lowest BCUT2D eigenvalue weighted by Gasteiger charge is -2.35. The van der Waals surface area contributed by atoms with Crippen LogP contribution in [0.15, 0.2) is 46.5 Å². The van der Waals surface area contributed by atoms with Crippen molar-refractivity contribution in [1.82, 2.24) is 24.2 Å². The summed E-state index contributed by atoms with van der Waals surface area (Å²) < 4.78 is 9.09. The van der Waals surface area contributed by atoms with E-state index >= 15 is 0 Å². The Bertz CT molecular complexity index is 1150. The van der Waals surface area contributed by atoms with E-state index < -0.39 is 0 Å². The maximum absolute atomic E-state index is 13.2. The van der Waals surface area contributed by atoms with E-state index in [-0.39, 0.29) is 29.7 Å². The fourth-order valence-electron chi connectivity index (χ4n) is 4.25. The van der Waals surface area contributed by atoms with Gasteiger partial charge < -0.3 is 9.64 Å². The summed E-state index contributed by atoms with van der Waals surface area (Å²) in [4.78, 5) is 32.8. The number of fused-ring (bicyclic) bond motifs is 2. The van der Waals surface area contributed by atoms with Gasteiger partial charge in [0.2, 0.25) is 5.91 Å². The molecule has 0 saturated carbocycles. The zero-order valence-electron chi connectivity index (χ0n) is 16.9. The first-order chi connectivity index (χ1) is 14.5. The molecule has 3 unspecified atom stereocenters. The molecule has 2 aliphatic rings. The van der Waals surface area contributed by atoms with Crippen molar-refractivity contribution >= 4 is 28.7 Å². The molecule has 2 aliphatic heterocycles. The molecule has 1 aromatic carbocycles. The third-order valence-electron chi connectivity index (χ3n) is 5.55. The fraction of sp³-hybridized carbons (Fsp3) is 0.429. The molecule has 0 N–H and O–H groups in total. The summed E-state index contributed by atoms with van der Waals surface area (Å²) in [5.74, 6) is 0.719. The molecule has 1 amide bonds. The van der Waals surface area contributed by atoms with Crippen molar-refractivity contribution in [2.45, 2.75) is 43.7 Å². The number of hydrogen-bond acceptors (Lipinski definition) is 6. The average Bonchev–Trinajstić information content (AvgIpc) is 3.33. The van der Waals surface area contributed by atoms with Crippen LogP contribution >= 0.6 is 11.8 Å². The summed E-state index contributed by atoms with van der Waals surface area (Å²) in [5, 5.41) is 5.50. The van der Waals surface area contributed by atoms with Crippen molar-refractivity contribution in [2.75, 3.05) is 18.8 Å². The summed E-state index contributed by atoms with van der Waals surface area (Å²) in [6.07, 6.45) is 1.91. The van der Waals surface area contributed by atoms with Gasteiger partial charge in [0.1, 0.15) is 5.39 Å². The molecule has 4 heterocycles. The molecule has 0 bridgehead atoms. The Hall–Kier alpha value is -2.65. The van der Waals surface area contributed by atoms with Crippen LogP contribution in [0.3, 0.4) is 0 Å². The minimum absolute atomic E-state index is 0.0239. The Morgan fingerprint density at radius 2 is 1.93 bits per heavy atom. The van der Waals surface area contributed by atoms with Crippen LogP contribution in [-0.4, -0.2) is 61.2 Å². The topological polar surface area (TPSA) is 82.3 Å². The maximum atomic E-state index is 13.2. The van der Waals surface area contributed by atoms with E-state index in [0.29, 0.717) is 41.5 Å². The van der Waals surface area contributed by atoms with Crippen LogP contribution in [-0.2, 0) is 9.53 Å². The summed E-state index contributed by atoms with van der Waals surface area (Å²) in [5.41, 5.74) is 1.27. The van der Waals surface area contributed by atoms with Crippen molar-refractivity contribution in [3.05, 3.63) is 46.9 Å². The molecule has 9 heteroatoms. The lowest BCUT2D eigenvalue weighted by Crippen LogP contribution is -2.48. The molecule has 2 aromatic heterocycles. The van der Waals surface area contributed by atoms with Gasteiger partial charge in [-0.05, 0) is 26.0 Å². The van der Waals surface area contributed by atoms with Gasteiger partial charge >= 0.3 is 0 Å². The predicted molar refractivity (Wildman–Crippen MR) is 114 cm³/mol. The van der Waals surface area contributed by atoms with Crippen LogP contribution < -0.4 is 5.56 Å². The average molecular weight is 426 g/mol. The molecule has 3 aromatic rings. The molecule has 1 saturated heterocycles. The third kappa shape index (κ3) is 3.31. The zero-order chi connectivity index (χ0) is 20.8. The highest BCUT2D eigenvalue weighted by atomic mass is 32.2. The molecule has 0 aliphatic carbocycles. The van der Waals surface area contributed by atoms with Gasteiger partial charge in [0, 0.05) is 25.3 Å². The van der Waals surface area contributed by atoms with Crippen LogP contribution in [0, 0.1) is 0 Å². The van der Waals surface area contributed by atoms with E-state index in [1.165, 1.54) is 11.8 Å². The second kappa shape index (κ2) is 7.55. The van der Waals surface area contributed by atoms with Crippen molar-refractivity contribution in [1.29, 1.82) is 0 Å². The largest absolute Gasteiger partial charge is 0.372 e. The first-order valence-electron chi connectivity index (χ1n) is 10.1. The van der Waals surface area contributed by atoms with Crippen molar-refractivity contribution in [2.24, 2.45) is 0 Å². The van der Waals surface area contributed by atoms with Gasteiger partial charge in [-0.3, -0.25) is 14.2 Å². The van der Waals surface area contributed by atoms with Crippen LogP contribution in [0.2, 0.25) is 0 Å². The molecular formula is C21H23N5O3S. The fourth-order valence-corrected chi connectivity index (χ4v) is 5.38. The van der Waals surface area contributed by atoms with Crippen LogP contribution in [0.1, 0.15) is 26.3 Å². The first-order valence-corrected chi connectivity index (χ1v) is 11.1. The van der Waals surface area contributed by atoms with E-state index in [1.54, 1.807) is 15.4 Å². The molecule has 3 atom stereocenters. The predicted octanol–water partition coefficient (Wildman–Crippen LogP) is 2.25. The van der Waals surface area contributed by atoms with Crippen molar-refractivity contribution < 1.29 is 9.53 Å². The first kappa shape index (κ1) is 19.3. The van der Waals surface area contributed by atoms with E-state index in [4.69, 9.17) is 9.72 Å². The number of carbonyl (C=O) groups excluding carboxylic acids is 1. The minimum Gasteiger partial charge on any atom is -0.372 e. The Balaban J connectivity index is 1.45.